The lowest BCUT2D eigenvalue weighted by Gasteiger charge is -2.07. The van der Waals surface area contributed by atoms with Crippen LogP contribution in [0.3, 0.4) is 0 Å². The van der Waals surface area contributed by atoms with E-state index in [1.165, 1.54) is 12.3 Å². The fraction of sp³-hybridized carbons (Fsp3) is 0.0625. The summed E-state index contributed by atoms with van der Waals surface area (Å²) in [4.78, 5) is 37.9. The van der Waals surface area contributed by atoms with Gasteiger partial charge in [-0.2, -0.15) is 0 Å². The van der Waals surface area contributed by atoms with Crippen molar-refractivity contribution < 1.29 is 14.7 Å². The van der Waals surface area contributed by atoms with Gasteiger partial charge < -0.3 is 15.4 Å². The van der Waals surface area contributed by atoms with Crippen LogP contribution >= 0.6 is 0 Å². The number of carboxylic acids is 1. The van der Waals surface area contributed by atoms with Gasteiger partial charge in [-0.3, -0.25) is 9.59 Å². The Kier molecular flexibility index (Phi) is 4.53. The minimum atomic E-state index is -1.33. The summed E-state index contributed by atoms with van der Waals surface area (Å²) >= 11 is 0. The first kappa shape index (κ1) is 15.2. The summed E-state index contributed by atoms with van der Waals surface area (Å²) in [5.74, 6) is -1.88. The molecule has 6 heteroatoms. The van der Waals surface area contributed by atoms with E-state index in [1.54, 1.807) is 37.3 Å². The standard InChI is InChI=1S/C16H14N2O4/c1-10-12(14(19)7-8-17-10)9-13(16(21)22)18-15(20)11-5-3-2-4-6-11/h2-9H,1H3,(H,17,19)(H,18,20)(H,21,22)/b13-9+. The van der Waals surface area contributed by atoms with Crippen molar-refractivity contribution >= 4 is 18.0 Å². The fourth-order valence-corrected chi connectivity index (χ4v) is 1.85. The highest BCUT2D eigenvalue weighted by Crippen LogP contribution is 2.06. The Hall–Kier alpha value is -3.15. The highest BCUT2D eigenvalue weighted by Gasteiger charge is 2.14. The summed E-state index contributed by atoms with van der Waals surface area (Å²) in [6.07, 6.45) is 2.62. The minimum absolute atomic E-state index is 0.188. The maximum atomic E-state index is 12.0. The number of rotatable bonds is 4. The number of carbonyl (C=O) groups excluding carboxylic acids is 1. The van der Waals surface area contributed by atoms with E-state index in [0.717, 1.165) is 6.08 Å². The summed E-state index contributed by atoms with van der Waals surface area (Å²) in [5, 5.41) is 11.5. The second-order valence-corrected chi connectivity index (χ2v) is 4.56. The Morgan fingerprint density at radius 2 is 1.86 bits per heavy atom. The number of carboxylic acid groups (broad SMARTS) is 1. The minimum Gasteiger partial charge on any atom is -0.477 e. The van der Waals surface area contributed by atoms with Gasteiger partial charge in [0.25, 0.3) is 5.91 Å². The Labute approximate surface area is 126 Å². The number of carbonyl (C=O) groups is 2. The van der Waals surface area contributed by atoms with E-state index in [9.17, 15) is 19.5 Å². The number of aryl methyl sites for hydroxylation is 1. The van der Waals surface area contributed by atoms with Gasteiger partial charge in [0.05, 0.1) is 0 Å². The maximum absolute atomic E-state index is 12.0. The average Bonchev–Trinajstić information content (AvgIpc) is 2.50. The first-order chi connectivity index (χ1) is 10.5. The van der Waals surface area contributed by atoms with Crippen LogP contribution in [0.25, 0.3) is 6.08 Å². The number of aromatic nitrogens is 1. The van der Waals surface area contributed by atoms with Crippen LogP contribution < -0.4 is 10.7 Å². The number of pyridine rings is 1. The molecule has 1 aromatic carbocycles. The lowest BCUT2D eigenvalue weighted by Crippen LogP contribution is -2.27. The molecule has 0 bridgehead atoms. The summed E-state index contributed by atoms with van der Waals surface area (Å²) in [6, 6.07) is 9.51. The normalized spacial score (nSPS) is 11.0. The predicted octanol–water partition coefficient (Wildman–Crippen LogP) is 1.54. The fourth-order valence-electron chi connectivity index (χ4n) is 1.85. The first-order valence-electron chi connectivity index (χ1n) is 6.48. The van der Waals surface area contributed by atoms with Crippen LogP contribution in [0.1, 0.15) is 21.6 Å². The molecule has 0 saturated carbocycles. The van der Waals surface area contributed by atoms with E-state index in [1.807, 2.05) is 0 Å². The topological polar surface area (TPSA) is 99.3 Å². The number of aromatic amines is 1. The monoisotopic (exact) mass is 298 g/mol. The quantitative estimate of drug-likeness (QED) is 0.745. The molecule has 0 atom stereocenters. The molecule has 0 aliphatic heterocycles. The summed E-state index contributed by atoms with van der Waals surface area (Å²) in [5.41, 5.74) is 0.333. The predicted molar refractivity (Wildman–Crippen MR) is 81.3 cm³/mol. The number of nitrogens with one attached hydrogen (secondary N) is 2. The van der Waals surface area contributed by atoms with E-state index in [0.29, 0.717) is 11.3 Å². The number of aliphatic carboxylic acids is 1. The molecule has 1 aromatic heterocycles. The van der Waals surface area contributed by atoms with Crippen molar-refractivity contribution in [1.82, 2.24) is 10.3 Å². The van der Waals surface area contributed by atoms with Crippen LogP contribution in [-0.2, 0) is 4.79 Å². The highest BCUT2D eigenvalue weighted by molar-refractivity contribution is 6.02. The third-order valence-corrected chi connectivity index (χ3v) is 3.01. The Balaban J connectivity index is 2.36. The Bertz CT molecular complexity index is 791. The summed E-state index contributed by atoms with van der Waals surface area (Å²) in [6.45, 7) is 1.64. The van der Waals surface area contributed by atoms with Gasteiger partial charge in [-0.25, -0.2) is 4.79 Å². The van der Waals surface area contributed by atoms with Crippen molar-refractivity contribution in [3.63, 3.8) is 0 Å². The number of hydrogen-bond donors (Lipinski definition) is 3. The molecule has 0 radical (unpaired) electrons. The van der Waals surface area contributed by atoms with E-state index in [2.05, 4.69) is 10.3 Å². The van der Waals surface area contributed by atoms with Crippen molar-refractivity contribution in [3.05, 3.63) is 75.3 Å². The third-order valence-electron chi connectivity index (χ3n) is 3.01. The van der Waals surface area contributed by atoms with Crippen molar-refractivity contribution in [1.29, 1.82) is 0 Å². The van der Waals surface area contributed by atoms with E-state index < -0.39 is 11.9 Å². The number of benzene rings is 1. The van der Waals surface area contributed by atoms with Gasteiger partial charge in [0.15, 0.2) is 5.43 Å². The van der Waals surface area contributed by atoms with Gasteiger partial charge >= 0.3 is 5.97 Å². The molecule has 22 heavy (non-hydrogen) atoms. The van der Waals surface area contributed by atoms with Crippen LogP contribution in [0.2, 0.25) is 0 Å². The zero-order valence-electron chi connectivity index (χ0n) is 11.8. The number of amides is 1. The van der Waals surface area contributed by atoms with Crippen LogP contribution in [0.15, 0.2) is 53.1 Å². The van der Waals surface area contributed by atoms with Crippen molar-refractivity contribution in [2.75, 3.05) is 0 Å². The lowest BCUT2D eigenvalue weighted by molar-refractivity contribution is -0.132. The summed E-state index contributed by atoms with van der Waals surface area (Å²) < 4.78 is 0. The molecule has 3 N–H and O–H groups in total. The number of H-pyrrole nitrogens is 1. The molecule has 1 heterocycles. The van der Waals surface area contributed by atoms with E-state index in [-0.39, 0.29) is 16.7 Å². The zero-order valence-corrected chi connectivity index (χ0v) is 11.8. The largest absolute Gasteiger partial charge is 0.477 e. The van der Waals surface area contributed by atoms with Gasteiger partial charge in [0.2, 0.25) is 0 Å². The third kappa shape index (κ3) is 3.49. The Morgan fingerprint density at radius 3 is 2.45 bits per heavy atom. The molecule has 0 aliphatic rings. The van der Waals surface area contributed by atoms with Gasteiger partial charge in [0, 0.05) is 29.1 Å². The van der Waals surface area contributed by atoms with Crippen LogP contribution in [0.4, 0.5) is 0 Å². The molecule has 1 amide bonds. The molecule has 0 spiro atoms. The highest BCUT2D eigenvalue weighted by atomic mass is 16.4. The average molecular weight is 298 g/mol. The molecule has 0 unspecified atom stereocenters. The second-order valence-electron chi connectivity index (χ2n) is 4.56. The molecule has 6 nitrogen and oxygen atoms in total. The van der Waals surface area contributed by atoms with Crippen LogP contribution in [0.5, 0.6) is 0 Å². The van der Waals surface area contributed by atoms with Crippen LogP contribution in [0, 0.1) is 6.92 Å². The smallest absolute Gasteiger partial charge is 0.352 e. The molecule has 2 rings (SSSR count). The van der Waals surface area contributed by atoms with Crippen LogP contribution in [-0.4, -0.2) is 22.0 Å². The van der Waals surface area contributed by atoms with Gasteiger partial charge in [-0.1, -0.05) is 18.2 Å². The molecule has 112 valence electrons. The molecule has 0 saturated heterocycles. The SMILES string of the molecule is Cc1[nH]ccc(=O)c1/C=C(/NC(=O)c1ccccc1)C(=O)O. The van der Waals surface area contributed by atoms with Crippen molar-refractivity contribution in [2.24, 2.45) is 0 Å². The molecule has 0 fully saturated rings. The Morgan fingerprint density at radius 1 is 1.18 bits per heavy atom. The number of hydrogen-bond acceptors (Lipinski definition) is 3. The zero-order chi connectivity index (χ0) is 16.1. The van der Waals surface area contributed by atoms with E-state index in [4.69, 9.17) is 0 Å². The first-order valence-corrected chi connectivity index (χ1v) is 6.48. The van der Waals surface area contributed by atoms with Gasteiger partial charge in [0.1, 0.15) is 5.70 Å². The molecular formula is C16H14N2O4. The van der Waals surface area contributed by atoms with E-state index >= 15 is 0 Å². The molecule has 0 aliphatic carbocycles. The second kappa shape index (κ2) is 6.53. The van der Waals surface area contributed by atoms with Crippen molar-refractivity contribution in [3.8, 4) is 0 Å². The van der Waals surface area contributed by atoms with Crippen molar-refractivity contribution in [2.45, 2.75) is 6.92 Å². The van der Waals surface area contributed by atoms with Gasteiger partial charge in [-0.15, -0.1) is 0 Å². The summed E-state index contributed by atoms with van der Waals surface area (Å²) in [7, 11) is 0. The molecule has 2 aromatic rings. The lowest BCUT2D eigenvalue weighted by atomic mass is 10.1. The maximum Gasteiger partial charge on any atom is 0.352 e. The molecular weight excluding hydrogens is 284 g/mol. The van der Waals surface area contributed by atoms with Gasteiger partial charge in [-0.05, 0) is 25.1 Å².